The van der Waals surface area contributed by atoms with Crippen LogP contribution in [0.25, 0.3) is 6.08 Å². The van der Waals surface area contributed by atoms with Gasteiger partial charge in [0.1, 0.15) is 0 Å². The molecule has 0 aliphatic rings. The van der Waals surface area contributed by atoms with E-state index in [2.05, 4.69) is 0 Å². The molecule has 1 aromatic heterocycles. The summed E-state index contributed by atoms with van der Waals surface area (Å²) in [5, 5.41) is 8.33. The molecule has 0 amide bonds. The van der Waals surface area contributed by atoms with Crippen LogP contribution < -0.4 is 0 Å². The van der Waals surface area contributed by atoms with Crippen molar-refractivity contribution in [2.45, 2.75) is 0 Å². The number of aromatic nitrogens is 1. The fourth-order valence-electron chi connectivity index (χ4n) is 0.865. The number of carbonyl (C=O) groups is 1. The van der Waals surface area contributed by atoms with Crippen LogP contribution in [0.5, 0.6) is 0 Å². The van der Waals surface area contributed by atoms with Gasteiger partial charge in [0.15, 0.2) is 0 Å². The first kappa shape index (κ1) is 10.5. The molecule has 1 heterocycles. The highest BCUT2D eigenvalue weighted by molar-refractivity contribution is 7.89. The Kier molecular flexibility index (Phi) is 2.76. The number of nitrogens with zero attached hydrogens (tertiary/aromatic N) is 1. The van der Waals surface area contributed by atoms with Gasteiger partial charge in [-0.15, -0.1) is 0 Å². The van der Waals surface area contributed by atoms with E-state index in [1.54, 1.807) is 0 Å². The van der Waals surface area contributed by atoms with Gasteiger partial charge in [-0.25, -0.2) is 13.2 Å². The second-order valence-corrected chi connectivity index (χ2v) is 4.60. The highest BCUT2D eigenvalue weighted by atomic mass is 32.2. The van der Waals surface area contributed by atoms with Gasteiger partial charge in [-0.3, -0.25) is 3.97 Å². The topological polar surface area (TPSA) is 76.4 Å². The van der Waals surface area contributed by atoms with E-state index in [0.29, 0.717) is 5.56 Å². The van der Waals surface area contributed by atoms with Gasteiger partial charge in [0.25, 0.3) is 0 Å². The van der Waals surface area contributed by atoms with Crippen LogP contribution in [0.15, 0.2) is 24.5 Å². The van der Waals surface area contributed by atoms with Crippen LogP contribution in [0.4, 0.5) is 0 Å². The average molecular weight is 215 g/mol. The molecular formula is C8H9NO4S. The SMILES string of the molecule is CS(=O)(=O)n1ccc(/C=C/C(=O)O)c1. The summed E-state index contributed by atoms with van der Waals surface area (Å²) < 4.78 is 23.0. The molecular weight excluding hydrogens is 206 g/mol. The third-order valence-corrected chi connectivity index (χ3v) is 2.48. The van der Waals surface area contributed by atoms with E-state index in [1.165, 1.54) is 24.5 Å². The number of hydrogen-bond donors (Lipinski definition) is 1. The summed E-state index contributed by atoms with van der Waals surface area (Å²) in [6.07, 6.45) is 6.04. The summed E-state index contributed by atoms with van der Waals surface area (Å²) in [6, 6.07) is 1.51. The fraction of sp³-hybridized carbons (Fsp3) is 0.125. The molecule has 0 aliphatic carbocycles. The van der Waals surface area contributed by atoms with Gasteiger partial charge in [0.2, 0.25) is 10.0 Å². The zero-order chi connectivity index (χ0) is 10.8. The van der Waals surface area contributed by atoms with Crippen molar-refractivity contribution in [2.75, 3.05) is 6.26 Å². The maximum absolute atomic E-state index is 11.0. The molecule has 1 rings (SSSR count). The Balaban J connectivity index is 2.95. The molecule has 0 saturated carbocycles. The Labute approximate surface area is 81.3 Å². The summed E-state index contributed by atoms with van der Waals surface area (Å²) in [5.41, 5.74) is 0.526. The van der Waals surface area contributed by atoms with Crippen molar-refractivity contribution in [1.82, 2.24) is 3.97 Å². The number of aliphatic carboxylic acids is 1. The molecule has 5 nitrogen and oxygen atoms in total. The largest absolute Gasteiger partial charge is 0.478 e. The maximum atomic E-state index is 11.0. The Hall–Kier alpha value is -1.56. The Morgan fingerprint density at radius 2 is 2.21 bits per heavy atom. The van der Waals surface area contributed by atoms with Crippen molar-refractivity contribution in [3.8, 4) is 0 Å². The maximum Gasteiger partial charge on any atom is 0.328 e. The quantitative estimate of drug-likeness (QED) is 0.740. The molecule has 0 aliphatic heterocycles. The molecule has 0 fully saturated rings. The number of hydrogen-bond acceptors (Lipinski definition) is 3. The lowest BCUT2D eigenvalue weighted by atomic mass is 10.3. The number of carboxylic acid groups (broad SMARTS) is 1. The van der Waals surface area contributed by atoms with Crippen LogP contribution >= 0.6 is 0 Å². The van der Waals surface area contributed by atoms with Gasteiger partial charge in [-0.05, 0) is 17.7 Å². The third-order valence-electron chi connectivity index (χ3n) is 1.49. The molecule has 76 valence electrons. The van der Waals surface area contributed by atoms with Crippen molar-refractivity contribution in [2.24, 2.45) is 0 Å². The van der Waals surface area contributed by atoms with Gasteiger partial charge in [0.05, 0.1) is 6.26 Å². The lowest BCUT2D eigenvalue weighted by molar-refractivity contribution is -0.131. The molecule has 0 aromatic carbocycles. The first-order chi connectivity index (χ1) is 6.39. The van der Waals surface area contributed by atoms with E-state index in [-0.39, 0.29) is 0 Å². The highest BCUT2D eigenvalue weighted by Gasteiger charge is 2.03. The molecule has 1 aromatic rings. The van der Waals surface area contributed by atoms with E-state index in [1.807, 2.05) is 0 Å². The van der Waals surface area contributed by atoms with Crippen molar-refractivity contribution in [3.63, 3.8) is 0 Å². The summed E-state index contributed by atoms with van der Waals surface area (Å²) in [4.78, 5) is 10.2. The summed E-state index contributed by atoms with van der Waals surface area (Å²) in [7, 11) is -3.29. The summed E-state index contributed by atoms with van der Waals surface area (Å²) in [6.45, 7) is 0. The molecule has 0 saturated heterocycles. The third kappa shape index (κ3) is 2.74. The molecule has 0 bridgehead atoms. The Morgan fingerprint density at radius 3 is 2.64 bits per heavy atom. The van der Waals surface area contributed by atoms with Crippen molar-refractivity contribution in [3.05, 3.63) is 30.1 Å². The standard InChI is InChI=1S/C8H9NO4S/c1-14(12,13)9-5-4-7(6-9)2-3-8(10)11/h2-6H,1H3,(H,10,11)/b3-2+. The lowest BCUT2D eigenvalue weighted by Crippen LogP contribution is -2.06. The summed E-state index contributed by atoms with van der Waals surface area (Å²) in [5.74, 6) is -1.07. The van der Waals surface area contributed by atoms with E-state index in [9.17, 15) is 13.2 Å². The first-order valence-corrected chi connectivity index (χ1v) is 5.54. The highest BCUT2D eigenvalue weighted by Crippen LogP contribution is 2.05. The van der Waals surface area contributed by atoms with Crippen LogP contribution in [-0.2, 0) is 14.8 Å². The zero-order valence-electron chi connectivity index (χ0n) is 7.41. The second kappa shape index (κ2) is 3.67. The van der Waals surface area contributed by atoms with E-state index in [4.69, 9.17) is 5.11 Å². The first-order valence-electron chi connectivity index (χ1n) is 3.69. The predicted molar refractivity (Wildman–Crippen MR) is 51.3 cm³/mol. The number of carboxylic acids is 1. The minimum Gasteiger partial charge on any atom is -0.478 e. The number of rotatable bonds is 3. The lowest BCUT2D eigenvalue weighted by Gasteiger charge is -1.95. The van der Waals surface area contributed by atoms with Crippen LogP contribution in [0.2, 0.25) is 0 Å². The van der Waals surface area contributed by atoms with Gasteiger partial charge in [-0.2, -0.15) is 0 Å². The minimum atomic E-state index is -3.29. The van der Waals surface area contributed by atoms with Crippen molar-refractivity contribution in [1.29, 1.82) is 0 Å². The van der Waals surface area contributed by atoms with Crippen LogP contribution in [0.3, 0.4) is 0 Å². The zero-order valence-corrected chi connectivity index (χ0v) is 8.23. The molecule has 14 heavy (non-hydrogen) atoms. The van der Waals surface area contributed by atoms with Gasteiger partial charge in [-0.1, -0.05) is 0 Å². The minimum absolute atomic E-state index is 0.526. The molecule has 0 spiro atoms. The smallest absolute Gasteiger partial charge is 0.328 e. The molecule has 0 radical (unpaired) electrons. The molecule has 1 N–H and O–H groups in total. The normalized spacial score (nSPS) is 12.1. The van der Waals surface area contributed by atoms with Gasteiger partial charge in [0, 0.05) is 18.5 Å². The van der Waals surface area contributed by atoms with E-state index >= 15 is 0 Å². The van der Waals surface area contributed by atoms with Gasteiger partial charge < -0.3 is 5.11 Å². The Morgan fingerprint density at radius 1 is 1.57 bits per heavy atom. The molecule has 0 atom stereocenters. The van der Waals surface area contributed by atoms with E-state index < -0.39 is 16.0 Å². The van der Waals surface area contributed by atoms with Crippen LogP contribution in [0, 0.1) is 0 Å². The second-order valence-electron chi connectivity index (χ2n) is 2.71. The predicted octanol–water partition coefficient (Wildman–Crippen LogP) is 0.394. The molecule has 6 heteroatoms. The fourth-order valence-corrected chi connectivity index (χ4v) is 1.46. The molecule has 0 unspecified atom stereocenters. The van der Waals surface area contributed by atoms with Crippen molar-refractivity contribution < 1.29 is 18.3 Å². The monoisotopic (exact) mass is 215 g/mol. The van der Waals surface area contributed by atoms with Crippen LogP contribution in [0.1, 0.15) is 5.56 Å². The Bertz CT molecular complexity index is 469. The van der Waals surface area contributed by atoms with Crippen LogP contribution in [-0.4, -0.2) is 29.7 Å². The average Bonchev–Trinajstić information content (AvgIpc) is 2.47. The summed E-state index contributed by atoms with van der Waals surface area (Å²) >= 11 is 0. The van der Waals surface area contributed by atoms with E-state index in [0.717, 1.165) is 16.3 Å². The van der Waals surface area contributed by atoms with Crippen molar-refractivity contribution >= 4 is 22.1 Å². The van der Waals surface area contributed by atoms with Gasteiger partial charge >= 0.3 is 5.97 Å².